The van der Waals surface area contributed by atoms with Crippen LogP contribution >= 0.6 is 11.6 Å². The van der Waals surface area contributed by atoms with E-state index >= 15 is 0 Å². The monoisotopic (exact) mass is 290 g/mol. The van der Waals surface area contributed by atoms with Gasteiger partial charge in [-0.25, -0.2) is 0 Å². The van der Waals surface area contributed by atoms with E-state index in [1.54, 1.807) is 7.11 Å². The fourth-order valence-corrected chi connectivity index (χ4v) is 2.30. The van der Waals surface area contributed by atoms with Crippen molar-refractivity contribution < 1.29 is 4.74 Å². The molecule has 3 nitrogen and oxygen atoms in total. The number of hydrogen-bond donors (Lipinski definition) is 0. The Labute approximate surface area is 125 Å². The van der Waals surface area contributed by atoms with Crippen molar-refractivity contribution in [2.45, 2.75) is 12.6 Å². The molecule has 106 valence electrons. The maximum Gasteiger partial charge on any atom is 0.0659 e. The van der Waals surface area contributed by atoms with Crippen LogP contribution in [0.25, 0.3) is 0 Å². The molecule has 4 heteroatoms. The van der Waals surface area contributed by atoms with Gasteiger partial charge in [-0.2, -0.15) is 0 Å². The van der Waals surface area contributed by atoms with Crippen molar-refractivity contribution >= 4 is 11.6 Å². The normalized spacial score (nSPS) is 12.6. The highest BCUT2D eigenvalue weighted by molar-refractivity contribution is 6.30. The predicted octanol–water partition coefficient (Wildman–Crippen LogP) is 3.55. The van der Waals surface area contributed by atoms with Crippen molar-refractivity contribution in [2.24, 2.45) is 0 Å². The Bertz CT molecular complexity index is 516. The third-order valence-corrected chi connectivity index (χ3v) is 3.50. The summed E-state index contributed by atoms with van der Waals surface area (Å²) in [5, 5.41) is 0.747. The third kappa shape index (κ3) is 4.04. The SMILES string of the molecule is COC[C@H](c1ccc(Cl)cc1)N(C)Cc1ccccn1. The number of methoxy groups -OCH3 is 1. The smallest absolute Gasteiger partial charge is 0.0659 e. The minimum Gasteiger partial charge on any atom is -0.383 e. The van der Waals surface area contributed by atoms with Gasteiger partial charge >= 0.3 is 0 Å². The summed E-state index contributed by atoms with van der Waals surface area (Å²) in [6, 6.07) is 14.0. The van der Waals surface area contributed by atoms with Gasteiger partial charge in [-0.1, -0.05) is 29.8 Å². The highest BCUT2D eigenvalue weighted by Crippen LogP contribution is 2.23. The number of rotatable bonds is 6. The van der Waals surface area contributed by atoms with E-state index in [9.17, 15) is 0 Å². The standard InChI is InChI=1S/C16H19ClN2O/c1-19(11-15-5-3-4-10-18-15)16(12-20-2)13-6-8-14(17)9-7-13/h3-10,16H,11-12H2,1-2H3/t16-/m1/s1. The molecule has 2 aromatic rings. The second kappa shape index (κ2) is 7.39. The Morgan fingerprint density at radius 1 is 1.20 bits per heavy atom. The van der Waals surface area contributed by atoms with Crippen molar-refractivity contribution in [3.05, 3.63) is 64.9 Å². The van der Waals surface area contributed by atoms with Gasteiger partial charge in [0.2, 0.25) is 0 Å². The lowest BCUT2D eigenvalue weighted by molar-refractivity contribution is 0.102. The summed E-state index contributed by atoms with van der Waals surface area (Å²) in [4.78, 5) is 6.60. The van der Waals surface area contributed by atoms with E-state index in [1.807, 2.05) is 48.7 Å². The number of benzene rings is 1. The molecule has 0 unspecified atom stereocenters. The predicted molar refractivity (Wildman–Crippen MR) is 81.8 cm³/mol. The number of aromatic nitrogens is 1. The van der Waals surface area contributed by atoms with Crippen LogP contribution in [0.1, 0.15) is 17.3 Å². The van der Waals surface area contributed by atoms with Crippen LogP contribution in [0.2, 0.25) is 5.02 Å². The molecule has 0 aliphatic rings. The number of ether oxygens (including phenoxy) is 1. The van der Waals surface area contributed by atoms with Gasteiger partial charge in [-0.15, -0.1) is 0 Å². The second-order valence-corrected chi connectivity index (χ2v) is 5.20. The van der Waals surface area contributed by atoms with Gasteiger partial charge in [-0.05, 0) is 36.9 Å². The quantitative estimate of drug-likeness (QED) is 0.813. The molecule has 1 heterocycles. The molecular weight excluding hydrogens is 272 g/mol. The lowest BCUT2D eigenvalue weighted by atomic mass is 10.1. The van der Waals surface area contributed by atoms with Gasteiger partial charge in [0.05, 0.1) is 18.3 Å². The van der Waals surface area contributed by atoms with Gasteiger partial charge in [0, 0.05) is 24.9 Å². The van der Waals surface area contributed by atoms with E-state index in [0.29, 0.717) is 6.61 Å². The Morgan fingerprint density at radius 2 is 1.95 bits per heavy atom. The highest BCUT2D eigenvalue weighted by Gasteiger charge is 2.17. The molecule has 0 fully saturated rings. The lowest BCUT2D eigenvalue weighted by Gasteiger charge is -2.27. The van der Waals surface area contributed by atoms with Crippen LogP contribution in [-0.2, 0) is 11.3 Å². The van der Waals surface area contributed by atoms with E-state index in [2.05, 4.69) is 16.9 Å². The average Bonchev–Trinajstić information content (AvgIpc) is 2.47. The first-order valence-electron chi connectivity index (χ1n) is 6.55. The van der Waals surface area contributed by atoms with Gasteiger partial charge in [0.15, 0.2) is 0 Å². The van der Waals surface area contributed by atoms with Crippen LogP contribution in [0.5, 0.6) is 0 Å². The van der Waals surface area contributed by atoms with Gasteiger partial charge < -0.3 is 4.74 Å². The van der Waals surface area contributed by atoms with Gasteiger partial charge in [0.1, 0.15) is 0 Å². The molecule has 0 saturated heterocycles. The molecule has 0 radical (unpaired) electrons. The Morgan fingerprint density at radius 3 is 2.55 bits per heavy atom. The zero-order valence-corrected chi connectivity index (χ0v) is 12.5. The molecule has 1 aromatic carbocycles. The molecular formula is C16H19ClN2O. The summed E-state index contributed by atoms with van der Waals surface area (Å²) in [5.41, 5.74) is 2.24. The van der Waals surface area contributed by atoms with Crippen molar-refractivity contribution in [1.82, 2.24) is 9.88 Å². The topological polar surface area (TPSA) is 25.4 Å². The fraction of sp³-hybridized carbons (Fsp3) is 0.312. The van der Waals surface area contributed by atoms with Crippen LogP contribution in [0.3, 0.4) is 0 Å². The summed E-state index contributed by atoms with van der Waals surface area (Å²) in [5.74, 6) is 0. The number of nitrogens with zero attached hydrogens (tertiary/aromatic N) is 2. The minimum atomic E-state index is 0.180. The first-order chi connectivity index (χ1) is 9.70. The molecule has 0 bridgehead atoms. The van der Waals surface area contributed by atoms with Crippen molar-refractivity contribution in [2.75, 3.05) is 20.8 Å². The Hall–Kier alpha value is -1.42. The largest absolute Gasteiger partial charge is 0.383 e. The summed E-state index contributed by atoms with van der Waals surface area (Å²) in [7, 11) is 3.80. The molecule has 0 aliphatic carbocycles. The Balaban J connectivity index is 2.13. The molecule has 2 rings (SSSR count). The zero-order chi connectivity index (χ0) is 14.4. The summed E-state index contributed by atoms with van der Waals surface area (Å²) in [6.07, 6.45) is 1.82. The maximum atomic E-state index is 5.95. The van der Waals surface area contributed by atoms with E-state index in [0.717, 1.165) is 17.3 Å². The molecule has 0 aliphatic heterocycles. The van der Waals surface area contributed by atoms with Crippen molar-refractivity contribution in [1.29, 1.82) is 0 Å². The number of halogens is 1. The summed E-state index contributed by atoms with van der Waals surface area (Å²) < 4.78 is 5.35. The zero-order valence-electron chi connectivity index (χ0n) is 11.8. The molecule has 1 aromatic heterocycles. The summed E-state index contributed by atoms with van der Waals surface area (Å²) in [6.45, 7) is 1.41. The van der Waals surface area contributed by atoms with Crippen molar-refractivity contribution in [3.63, 3.8) is 0 Å². The van der Waals surface area contributed by atoms with Crippen LogP contribution in [0, 0.1) is 0 Å². The van der Waals surface area contributed by atoms with Crippen LogP contribution < -0.4 is 0 Å². The molecule has 0 spiro atoms. The molecule has 20 heavy (non-hydrogen) atoms. The van der Waals surface area contributed by atoms with E-state index in [4.69, 9.17) is 16.3 Å². The van der Waals surface area contributed by atoms with E-state index in [1.165, 1.54) is 5.56 Å². The van der Waals surface area contributed by atoms with Crippen LogP contribution in [0.15, 0.2) is 48.7 Å². The van der Waals surface area contributed by atoms with Crippen LogP contribution in [0.4, 0.5) is 0 Å². The Kier molecular flexibility index (Phi) is 5.53. The van der Waals surface area contributed by atoms with Gasteiger partial charge in [0.25, 0.3) is 0 Å². The van der Waals surface area contributed by atoms with Crippen molar-refractivity contribution in [3.8, 4) is 0 Å². The first-order valence-corrected chi connectivity index (χ1v) is 6.93. The highest BCUT2D eigenvalue weighted by atomic mass is 35.5. The summed E-state index contributed by atoms with van der Waals surface area (Å²) >= 11 is 5.95. The van der Waals surface area contributed by atoms with E-state index in [-0.39, 0.29) is 6.04 Å². The number of likely N-dealkylation sites (N-methyl/N-ethyl adjacent to an activating group) is 1. The average molecular weight is 291 g/mol. The molecule has 0 amide bonds. The maximum absolute atomic E-state index is 5.95. The first kappa shape index (κ1) is 15.0. The van der Waals surface area contributed by atoms with Crippen LogP contribution in [-0.4, -0.2) is 30.6 Å². The molecule has 0 saturated carbocycles. The lowest BCUT2D eigenvalue weighted by Crippen LogP contribution is -2.28. The van der Waals surface area contributed by atoms with E-state index < -0.39 is 0 Å². The molecule has 1 atom stereocenters. The molecule has 0 N–H and O–H groups in total. The minimum absolute atomic E-state index is 0.180. The second-order valence-electron chi connectivity index (χ2n) is 4.76. The fourth-order valence-electron chi connectivity index (χ4n) is 2.18. The number of pyridine rings is 1. The third-order valence-electron chi connectivity index (χ3n) is 3.25. The van der Waals surface area contributed by atoms with Gasteiger partial charge in [-0.3, -0.25) is 9.88 Å². The number of hydrogen-bond acceptors (Lipinski definition) is 3.